The standard InChI is InChI=1S/C5H10N2O3/c1-6-2-3-10-5(4-6)7(8)9/h5H,2-4H2,1H3. The third-order valence-electron chi connectivity index (χ3n) is 1.49. The van der Waals surface area contributed by atoms with Gasteiger partial charge in [0.05, 0.1) is 18.1 Å². The highest BCUT2D eigenvalue weighted by molar-refractivity contribution is 4.59. The molecule has 58 valence electrons. The second-order valence-corrected chi connectivity index (χ2v) is 2.37. The van der Waals surface area contributed by atoms with Gasteiger partial charge in [0, 0.05) is 6.54 Å². The molecule has 0 aromatic heterocycles. The van der Waals surface area contributed by atoms with E-state index in [4.69, 9.17) is 4.74 Å². The van der Waals surface area contributed by atoms with E-state index in [-0.39, 0.29) is 0 Å². The van der Waals surface area contributed by atoms with Gasteiger partial charge in [-0.15, -0.1) is 0 Å². The zero-order valence-electron chi connectivity index (χ0n) is 5.82. The molecule has 1 atom stereocenters. The van der Waals surface area contributed by atoms with Crippen molar-refractivity contribution in [1.29, 1.82) is 0 Å². The maximum Gasteiger partial charge on any atom is 0.328 e. The largest absolute Gasteiger partial charge is 0.328 e. The van der Waals surface area contributed by atoms with E-state index >= 15 is 0 Å². The van der Waals surface area contributed by atoms with E-state index in [0.717, 1.165) is 6.54 Å². The first-order valence-electron chi connectivity index (χ1n) is 3.14. The summed E-state index contributed by atoms with van der Waals surface area (Å²) in [5.41, 5.74) is 0. The molecule has 0 aromatic carbocycles. The van der Waals surface area contributed by atoms with E-state index in [2.05, 4.69) is 0 Å². The quantitative estimate of drug-likeness (QED) is 0.371. The summed E-state index contributed by atoms with van der Waals surface area (Å²) >= 11 is 0. The Bertz CT molecular complexity index is 139. The molecule has 5 nitrogen and oxygen atoms in total. The number of morpholine rings is 1. The predicted octanol–water partition coefficient (Wildman–Crippen LogP) is -0.449. The van der Waals surface area contributed by atoms with Gasteiger partial charge in [0.1, 0.15) is 0 Å². The van der Waals surface area contributed by atoms with Crippen LogP contribution in [0.1, 0.15) is 0 Å². The molecule has 0 N–H and O–H groups in total. The lowest BCUT2D eigenvalue weighted by Crippen LogP contribution is -2.43. The molecule has 1 unspecified atom stereocenters. The van der Waals surface area contributed by atoms with Crippen LogP contribution in [0.3, 0.4) is 0 Å². The smallest absolute Gasteiger partial charge is 0.315 e. The van der Waals surface area contributed by atoms with E-state index in [1.165, 1.54) is 0 Å². The van der Waals surface area contributed by atoms with E-state index in [1.807, 2.05) is 11.9 Å². The van der Waals surface area contributed by atoms with Crippen molar-refractivity contribution < 1.29 is 9.66 Å². The minimum atomic E-state index is -0.821. The summed E-state index contributed by atoms with van der Waals surface area (Å²) in [5.74, 6) is 0. The van der Waals surface area contributed by atoms with Crippen LogP contribution in [0.15, 0.2) is 0 Å². The monoisotopic (exact) mass is 146 g/mol. The van der Waals surface area contributed by atoms with Crippen LogP contribution in [0.25, 0.3) is 0 Å². The molecule has 0 aliphatic carbocycles. The summed E-state index contributed by atoms with van der Waals surface area (Å²) in [6, 6.07) is 0. The summed E-state index contributed by atoms with van der Waals surface area (Å²) < 4.78 is 4.87. The Morgan fingerprint density at radius 3 is 2.90 bits per heavy atom. The Labute approximate surface area is 58.7 Å². The molecule has 0 aromatic rings. The van der Waals surface area contributed by atoms with Crippen molar-refractivity contribution in [3.8, 4) is 0 Å². The maximum atomic E-state index is 10.2. The molecule has 10 heavy (non-hydrogen) atoms. The Balaban J connectivity index is 2.39. The topological polar surface area (TPSA) is 55.6 Å². The first kappa shape index (κ1) is 7.43. The van der Waals surface area contributed by atoms with Gasteiger partial charge in [-0.2, -0.15) is 0 Å². The van der Waals surface area contributed by atoms with Gasteiger partial charge >= 0.3 is 6.23 Å². The summed E-state index contributed by atoms with van der Waals surface area (Å²) in [6.45, 7) is 1.64. The number of hydrogen-bond donors (Lipinski definition) is 0. The zero-order chi connectivity index (χ0) is 7.56. The molecule has 1 aliphatic rings. The van der Waals surface area contributed by atoms with Crippen molar-refractivity contribution in [2.45, 2.75) is 6.23 Å². The molecule has 1 rings (SSSR count). The van der Waals surface area contributed by atoms with Crippen LogP contribution in [-0.4, -0.2) is 42.8 Å². The van der Waals surface area contributed by atoms with E-state index in [9.17, 15) is 10.1 Å². The van der Waals surface area contributed by atoms with Crippen LogP contribution in [-0.2, 0) is 4.74 Å². The highest BCUT2D eigenvalue weighted by Gasteiger charge is 2.26. The van der Waals surface area contributed by atoms with Gasteiger partial charge in [0.2, 0.25) is 0 Å². The molecule has 0 spiro atoms. The molecule has 0 amide bonds. The first-order valence-corrected chi connectivity index (χ1v) is 3.14. The summed E-state index contributed by atoms with van der Waals surface area (Å²) in [7, 11) is 1.85. The lowest BCUT2D eigenvalue weighted by atomic mass is 10.4. The lowest BCUT2D eigenvalue weighted by Gasteiger charge is -2.24. The number of ether oxygens (including phenoxy) is 1. The first-order chi connectivity index (χ1) is 4.70. The van der Waals surface area contributed by atoms with Gasteiger partial charge in [0.15, 0.2) is 0 Å². The fraction of sp³-hybridized carbons (Fsp3) is 1.00. The Morgan fingerprint density at radius 2 is 2.50 bits per heavy atom. The number of hydrogen-bond acceptors (Lipinski definition) is 4. The Morgan fingerprint density at radius 1 is 1.80 bits per heavy atom. The molecule has 0 saturated carbocycles. The van der Waals surface area contributed by atoms with Gasteiger partial charge < -0.3 is 4.74 Å². The summed E-state index contributed by atoms with van der Waals surface area (Å²) in [5, 5.41) is 10.2. The Kier molecular flexibility index (Phi) is 2.18. The minimum Gasteiger partial charge on any atom is -0.315 e. The molecule has 1 aliphatic heterocycles. The third-order valence-corrected chi connectivity index (χ3v) is 1.49. The fourth-order valence-electron chi connectivity index (χ4n) is 0.883. The fourth-order valence-corrected chi connectivity index (χ4v) is 0.883. The minimum absolute atomic E-state index is 0.393. The number of rotatable bonds is 1. The lowest BCUT2D eigenvalue weighted by molar-refractivity contribution is -0.580. The highest BCUT2D eigenvalue weighted by Crippen LogP contribution is 2.02. The second-order valence-electron chi connectivity index (χ2n) is 2.37. The number of likely N-dealkylation sites (N-methyl/N-ethyl adjacent to an activating group) is 1. The average Bonchev–Trinajstić information content (AvgIpc) is 1.88. The normalized spacial score (nSPS) is 28.3. The van der Waals surface area contributed by atoms with Crippen LogP contribution < -0.4 is 0 Å². The van der Waals surface area contributed by atoms with Crippen molar-refractivity contribution in [3.05, 3.63) is 10.1 Å². The van der Waals surface area contributed by atoms with E-state index in [1.54, 1.807) is 0 Å². The number of nitro groups is 1. The molecule has 1 fully saturated rings. The molecule has 1 heterocycles. The average molecular weight is 146 g/mol. The van der Waals surface area contributed by atoms with Crippen LogP contribution in [0.5, 0.6) is 0 Å². The van der Waals surface area contributed by atoms with Gasteiger partial charge in [-0.3, -0.25) is 15.0 Å². The van der Waals surface area contributed by atoms with Crippen LogP contribution in [0.2, 0.25) is 0 Å². The molecule has 0 radical (unpaired) electrons. The zero-order valence-corrected chi connectivity index (χ0v) is 5.82. The third kappa shape index (κ3) is 1.65. The molecule has 5 heteroatoms. The summed E-state index contributed by atoms with van der Waals surface area (Å²) in [4.78, 5) is 11.6. The van der Waals surface area contributed by atoms with Gasteiger partial charge in [-0.1, -0.05) is 0 Å². The van der Waals surface area contributed by atoms with E-state index < -0.39 is 11.2 Å². The van der Waals surface area contributed by atoms with Gasteiger partial charge in [-0.25, -0.2) is 0 Å². The Hall–Kier alpha value is -0.680. The molecule has 0 bridgehead atoms. The second kappa shape index (κ2) is 2.94. The van der Waals surface area contributed by atoms with Crippen LogP contribution in [0.4, 0.5) is 0 Å². The van der Waals surface area contributed by atoms with Crippen molar-refractivity contribution in [2.75, 3.05) is 26.7 Å². The van der Waals surface area contributed by atoms with Crippen molar-refractivity contribution in [3.63, 3.8) is 0 Å². The number of nitrogens with zero attached hydrogens (tertiary/aromatic N) is 2. The molecule has 1 saturated heterocycles. The van der Waals surface area contributed by atoms with Crippen LogP contribution in [0, 0.1) is 10.1 Å². The van der Waals surface area contributed by atoms with Crippen molar-refractivity contribution in [2.24, 2.45) is 0 Å². The molecular formula is C5H10N2O3. The SMILES string of the molecule is CN1CCOC([N+](=O)[O-])C1. The van der Waals surface area contributed by atoms with Gasteiger partial charge in [0.25, 0.3) is 0 Å². The molecular weight excluding hydrogens is 136 g/mol. The van der Waals surface area contributed by atoms with Crippen molar-refractivity contribution >= 4 is 0 Å². The predicted molar refractivity (Wildman–Crippen MR) is 34.2 cm³/mol. The maximum absolute atomic E-state index is 10.2. The van der Waals surface area contributed by atoms with E-state index in [0.29, 0.717) is 13.2 Å². The van der Waals surface area contributed by atoms with Crippen molar-refractivity contribution in [1.82, 2.24) is 4.90 Å². The highest BCUT2D eigenvalue weighted by atomic mass is 16.7. The van der Waals surface area contributed by atoms with Crippen LogP contribution >= 0.6 is 0 Å². The van der Waals surface area contributed by atoms with Gasteiger partial charge in [-0.05, 0) is 7.05 Å². The summed E-state index contributed by atoms with van der Waals surface area (Å²) in [6.07, 6.45) is -0.821.